The largest absolute Gasteiger partial charge is 0.328 e. The summed E-state index contributed by atoms with van der Waals surface area (Å²) in [5, 5.41) is 16.3. The highest BCUT2D eigenvalue weighted by atomic mass is 79.9. The zero-order valence-electron chi connectivity index (χ0n) is 12.5. The van der Waals surface area contributed by atoms with E-state index >= 15 is 0 Å². The molecular weight excluding hydrogens is 332 g/mol. The first-order valence-electron chi connectivity index (χ1n) is 7.06. The van der Waals surface area contributed by atoms with Crippen LogP contribution in [0, 0.1) is 31.1 Å². The number of rotatable bonds is 4. The summed E-state index contributed by atoms with van der Waals surface area (Å²) >= 11 is 3.49. The van der Waals surface area contributed by atoms with Crippen molar-refractivity contribution in [2.75, 3.05) is 0 Å². The molecule has 0 radical (unpaired) electrons. The fourth-order valence-corrected chi connectivity index (χ4v) is 2.76. The lowest BCUT2D eigenvalue weighted by molar-refractivity contribution is -0.124. The third-order valence-corrected chi connectivity index (χ3v) is 4.96. The first kappa shape index (κ1) is 15.8. The van der Waals surface area contributed by atoms with Crippen LogP contribution in [0.15, 0.2) is 15.7 Å². The van der Waals surface area contributed by atoms with Gasteiger partial charge in [0.2, 0.25) is 5.91 Å². The number of nitrogens with zero attached hydrogens (tertiary/aromatic N) is 3. The fraction of sp³-hybridized carbons (Fsp3) is 0.533. The summed E-state index contributed by atoms with van der Waals surface area (Å²) in [4.78, 5) is 12.3. The molecule has 0 aromatic carbocycles. The molecule has 0 unspecified atom stereocenters. The topological polar surface area (TPSA) is 70.7 Å². The number of aromatic nitrogens is 2. The molecule has 1 aliphatic carbocycles. The highest BCUT2D eigenvalue weighted by Gasteiger charge is 2.21. The van der Waals surface area contributed by atoms with Crippen molar-refractivity contribution in [3.05, 3.63) is 27.1 Å². The Bertz CT molecular complexity index is 639. The van der Waals surface area contributed by atoms with Crippen LogP contribution in [0.5, 0.6) is 0 Å². The van der Waals surface area contributed by atoms with Crippen LogP contribution in [0.3, 0.4) is 0 Å². The summed E-state index contributed by atoms with van der Waals surface area (Å²) in [6.45, 7) is 6.31. The molecule has 112 valence electrons. The molecule has 1 heterocycles. The summed E-state index contributed by atoms with van der Waals surface area (Å²) in [6, 6.07) is 2.17. The first-order valence-corrected chi connectivity index (χ1v) is 7.85. The molecule has 0 spiro atoms. The number of carbonyl (C=O) groups excluding carboxylic acids is 1. The monoisotopic (exact) mass is 350 g/mol. The van der Waals surface area contributed by atoms with E-state index in [2.05, 4.69) is 32.4 Å². The van der Waals surface area contributed by atoms with Gasteiger partial charge in [-0.15, -0.1) is 0 Å². The van der Waals surface area contributed by atoms with Crippen LogP contribution >= 0.6 is 15.9 Å². The predicted molar refractivity (Wildman–Crippen MR) is 83.2 cm³/mol. The Morgan fingerprint density at radius 3 is 2.81 bits per heavy atom. The number of halogens is 1. The number of nitriles is 1. The molecular formula is C15H19BrN4O. The molecule has 0 aliphatic heterocycles. The normalized spacial score (nSPS) is 16.0. The number of aryl methyl sites for hydroxylation is 1. The van der Waals surface area contributed by atoms with Gasteiger partial charge < -0.3 is 5.32 Å². The van der Waals surface area contributed by atoms with Crippen molar-refractivity contribution in [1.82, 2.24) is 15.1 Å². The molecule has 0 bridgehead atoms. The third-order valence-electron chi connectivity index (χ3n) is 3.81. The summed E-state index contributed by atoms with van der Waals surface area (Å²) < 4.78 is 2.83. The van der Waals surface area contributed by atoms with E-state index in [0.29, 0.717) is 12.1 Å². The molecule has 6 heteroatoms. The number of hydrogen-bond donors (Lipinski definition) is 1. The van der Waals surface area contributed by atoms with Crippen LogP contribution in [0.1, 0.15) is 37.6 Å². The van der Waals surface area contributed by atoms with Crippen molar-refractivity contribution in [1.29, 1.82) is 5.26 Å². The summed E-state index contributed by atoms with van der Waals surface area (Å²) in [6.07, 6.45) is 2.50. The molecule has 0 saturated carbocycles. The van der Waals surface area contributed by atoms with Crippen molar-refractivity contribution in [3.8, 4) is 6.07 Å². The van der Waals surface area contributed by atoms with Gasteiger partial charge in [0.05, 0.1) is 28.7 Å². The maximum atomic E-state index is 12.3. The van der Waals surface area contributed by atoms with Gasteiger partial charge >= 0.3 is 0 Å². The highest BCUT2D eigenvalue weighted by molar-refractivity contribution is 9.10. The smallest absolute Gasteiger partial charge is 0.228 e. The fourth-order valence-electron chi connectivity index (χ4n) is 2.47. The lowest BCUT2D eigenvalue weighted by Gasteiger charge is -2.14. The molecule has 2 rings (SSSR count). The minimum Gasteiger partial charge on any atom is -0.328 e. The molecule has 1 aliphatic rings. The molecule has 1 aromatic heterocycles. The molecule has 21 heavy (non-hydrogen) atoms. The Morgan fingerprint density at radius 2 is 2.24 bits per heavy atom. The maximum absolute atomic E-state index is 12.3. The van der Waals surface area contributed by atoms with Crippen LogP contribution in [0.2, 0.25) is 0 Å². The average Bonchev–Trinajstić information content (AvgIpc) is 2.99. The Kier molecular flexibility index (Phi) is 4.84. The van der Waals surface area contributed by atoms with Crippen molar-refractivity contribution < 1.29 is 4.79 Å². The van der Waals surface area contributed by atoms with E-state index < -0.39 is 0 Å². The van der Waals surface area contributed by atoms with E-state index in [1.54, 1.807) is 0 Å². The second-order valence-electron chi connectivity index (χ2n) is 5.48. The van der Waals surface area contributed by atoms with Gasteiger partial charge in [-0.1, -0.05) is 6.92 Å². The molecule has 1 aromatic rings. The van der Waals surface area contributed by atoms with E-state index in [1.807, 2.05) is 25.5 Å². The number of carbonyl (C=O) groups is 1. The first-order chi connectivity index (χ1) is 9.93. The van der Waals surface area contributed by atoms with Gasteiger partial charge in [-0.2, -0.15) is 10.4 Å². The van der Waals surface area contributed by atoms with E-state index in [4.69, 9.17) is 5.26 Å². The molecule has 1 atom stereocenters. The van der Waals surface area contributed by atoms with Crippen LogP contribution in [-0.2, 0) is 11.3 Å². The van der Waals surface area contributed by atoms with Crippen LogP contribution in [0.4, 0.5) is 0 Å². The average molecular weight is 351 g/mol. The standard InChI is InChI=1S/C15H19BrN4O/c1-9(8-20-11(3)14(16)10(2)19-20)15(21)18-13-6-4-5-12(13)7-17/h9H,4-6,8H2,1-3H3,(H,18,21)/t9-/m1/s1. The van der Waals surface area contributed by atoms with E-state index in [1.165, 1.54) is 0 Å². The SMILES string of the molecule is Cc1nn(C[C@@H](C)C(=O)NC2=C(C#N)CCC2)c(C)c1Br. The van der Waals surface area contributed by atoms with Crippen LogP contribution in [-0.4, -0.2) is 15.7 Å². The van der Waals surface area contributed by atoms with E-state index in [0.717, 1.165) is 40.8 Å². The van der Waals surface area contributed by atoms with Gasteiger partial charge in [-0.25, -0.2) is 0 Å². The summed E-state index contributed by atoms with van der Waals surface area (Å²) in [5.74, 6) is -0.258. The zero-order chi connectivity index (χ0) is 15.6. The van der Waals surface area contributed by atoms with Gasteiger partial charge in [0.1, 0.15) is 0 Å². The molecule has 0 fully saturated rings. The van der Waals surface area contributed by atoms with Gasteiger partial charge in [0, 0.05) is 17.0 Å². The highest BCUT2D eigenvalue weighted by Crippen LogP contribution is 2.24. The number of amides is 1. The Hall–Kier alpha value is -1.61. The Balaban J connectivity index is 2.03. The second-order valence-corrected chi connectivity index (χ2v) is 6.27. The molecule has 1 amide bonds. The third kappa shape index (κ3) is 3.35. The maximum Gasteiger partial charge on any atom is 0.228 e. The van der Waals surface area contributed by atoms with E-state index in [-0.39, 0.29) is 11.8 Å². The minimum atomic E-state index is -0.206. The lowest BCUT2D eigenvalue weighted by atomic mass is 10.1. The number of nitrogens with one attached hydrogen (secondary N) is 1. The van der Waals surface area contributed by atoms with Crippen LogP contribution < -0.4 is 5.32 Å². The van der Waals surface area contributed by atoms with Crippen molar-refractivity contribution >= 4 is 21.8 Å². The molecule has 0 saturated heterocycles. The van der Waals surface area contributed by atoms with E-state index in [9.17, 15) is 4.79 Å². The van der Waals surface area contributed by atoms with Crippen molar-refractivity contribution in [3.63, 3.8) is 0 Å². The van der Waals surface area contributed by atoms with Gasteiger partial charge in [-0.05, 0) is 49.0 Å². The zero-order valence-corrected chi connectivity index (χ0v) is 14.1. The minimum absolute atomic E-state index is 0.0525. The van der Waals surface area contributed by atoms with Gasteiger partial charge in [0.25, 0.3) is 0 Å². The second kappa shape index (κ2) is 6.44. The van der Waals surface area contributed by atoms with Crippen molar-refractivity contribution in [2.45, 2.75) is 46.6 Å². The quantitative estimate of drug-likeness (QED) is 0.907. The Labute approximate surface area is 133 Å². The predicted octanol–water partition coefficient (Wildman–Crippen LogP) is 2.98. The number of hydrogen-bond acceptors (Lipinski definition) is 3. The lowest BCUT2D eigenvalue weighted by Crippen LogP contribution is -2.31. The summed E-state index contributed by atoms with van der Waals surface area (Å²) in [5.41, 5.74) is 3.45. The van der Waals surface area contributed by atoms with Gasteiger partial charge in [0.15, 0.2) is 0 Å². The Morgan fingerprint density at radius 1 is 1.52 bits per heavy atom. The van der Waals surface area contributed by atoms with Crippen LogP contribution in [0.25, 0.3) is 0 Å². The summed E-state index contributed by atoms with van der Waals surface area (Å²) in [7, 11) is 0. The molecule has 5 nitrogen and oxygen atoms in total. The van der Waals surface area contributed by atoms with Gasteiger partial charge in [-0.3, -0.25) is 9.48 Å². The van der Waals surface area contributed by atoms with Crippen molar-refractivity contribution in [2.24, 2.45) is 5.92 Å². The molecule has 1 N–H and O–H groups in total. The number of allylic oxidation sites excluding steroid dienone is 2.